The third kappa shape index (κ3) is 4.55. The summed E-state index contributed by atoms with van der Waals surface area (Å²) in [6.07, 6.45) is 4.00. The molecule has 0 spiro atoms. The topological polar surface area (TPSA) is 77.0 Å². The van der Waals surface area contributed by atoms with Crippen LogP contribution in [0.1, 0.15) is 22.9 Å². The molecule has 0 radical (unpaired) electrons. The van der Waals surface area contributed by atoms with Gasteiger partial charge in [0.05, 0.1) is 6.04 Å². The molecule has 0 saturated carbocycles. The third-order valence-corrected chi connectivity index (χ3v) is 10.2. The molecule has 6 nitrogen and oxygen atoms in total. The van der Waals surface area contributed by atoms with Crippen molar-refractivity contribution in [3.63, 3.8) is 0 Å². The number of rotatable bonds is 4. The number of para-hydroxylation sites is 1. The summed E-state index contributed by atoms with van der Waals surface area (Å²) in [6.45, 7) is 0. The van der Waals surface area contributed by atoms with Crippen molar-refractivity contribution in [2.24, 2.45) is 0 Å². The molecule has 0 amide bonds. The molecule has 3 aromatic heterocycles. The van der Waals surface area contributed by atoms with E-state index in [-0.39, 0.29) is 6.04 Å². The van der Waals surface area contributed by atoms with Crippen molar-refractivity contribution < 1.29 is 8.83 Å². The van der Waals surface area contributed by atoms with E-state index in [9.17, 15) is 0 Å². The molecule has 11 rings (SSSR count). The van der Waals surface area contributed by atoms with Gasteiger partial charge in [-0.25, -0.2) is 15.0 Å². The van der Waals surface area contributed by atoms with E-state index in [2.05, 4.69) is 90.2 Å². The van der Waals surface area contributed by atoms with Crippen LogP contribution in [0.2, 0.25) is 0 Å². The van der Waals surface area contributed by atoms with Crippen LogP contribution >= 0.6 is 0 Å². The van der Waals surface area contributed by atoms with Crippen molar-refractivity contribution in [1.29, 1.82) is 0 Å². The van der Waals surface area contributed by atoms with Gasteiger partial charge in [-0.3, -0.25) is 0 Å². The third-order valence-electron chi connectivity index (χ3n) is 10.2. The average molecular weight is 669 g/mol. The Hall–Kier alpha value is -7.05. The number of aromatic nitrogens is 3. The minimum absolute atomic E-state index is 0.0484. The zero-order chi connectivity index (χ0) is 34.2. The SMILES string of the molecule is C1=Cc2oc3cc4ccccc4cc3c2C(c2ccc3cc(-c4nc(-c5ccccc5)nc(-c5cccc6oc7ccccc7c56)n4)ccc3c2)N1. The predicted molar refractivity (Wildman–Crippen MR) is 209 cm³/mol. The summed E-state index contributed by atoms with van der Waals surface area (Å²) in [5.41, 5.74) is 7.60. The van der Waals surface area contributed by atoms with Crippen LogP contribution in [0.4, 0.5) is 0 Å². The van der Waals surface area contributed by atoms with E-state index in [0.717, 1.165) is 77.3 Å². The van der Waals surface area contributed by atoms with Crippen molar-refractivity contribution in [3.8, 4) is 34.2 Å². The summed E-state index contributed by atoms with van der Waals surface area (Å²) in [4.78, 5) is 15.2. The van der Waals surface area contributed by atoms with Gasteiger partial charge >= 0.3 is 0 Å². The number of hydrogen-bond acceptors (Lipinski definition) is 6. The lowest BCUT2D eigenvalue weighted by atomic mass is 9.92. The highest BCUT2D eigenvalue weighted by molar-refractivity contribution is 6.11. The maximum atomic E-state index is 6.37. The Kier molecular flexibility index (Phi) is 6.21. The maximum Gasteiger partial charge on any atom is 0.164 e. The summed E-state index contributed by atoms with van der Waals surface area (Å²) < 4.78 is 12.6. The Balaban J connectivity index is 1.03. The van der Waals surface area contributed by atoms with Crippen LogP contribution in [0.3, 0.4) is 0 Å². The van der Waals surface area contributed by atoms with Crippen LogP contribution in [0, 0.1) is 0 Å². The normalized spacial score (nSPS) is 14.0. The lowest BCUT2D eigenvalue weighted by molar-refractivity contribution is 0.581. The maximum absolute atomic E-state index is 6.37. The van der Waals surface area contributed by atoms with Gasteiger partial charge in [0.1, 0.15) is 22.5 Å². The first-order valence-corrected chi connectivity index (χ1v) is 17.4. The molecule has 7 aromatic carbocycles. The molecule has 1 N–H and O–H groups in total. The van der Waals surface area contributed by atoms with E-state index >= 15 is 0 Å². The molecular formula is C46H28N4O2. The second kappa shape index (κ2) is 11.2. The molecule has 10 aromatic rings. The van der Waals surface area contributed by atoms with Crippen molar-refractivity contribution in [1.82, 2.24) is 20.3 Å². The highest BCUT2D eigenvalue weighted by Crippen LogP contribution is 2.40. The van der Waals surface area contributed by atoms with Crippen molar-refractivity contribution >= 4 is 60.5 Å². The minimum atomic E-state index is -0.0484. The van der Waals surface area contributed by atoms with Crippen LogP contribution in [0.5, 0.6) is 0 Å². The van der Waals surface area contributed by atoms with E-state index in [1.807, 2.05) is 72.9 Å². The molecule has 1 atom stereocenters. The van der Waals surface area contributed by atoms with Gasteiger partial charge in [0.25, 0.3) is 0 Å². The van der Waals surface area contributed by atoms with Crippen molar-refractivity contribution in [3.05, 3.63) is 169 Å². The van der Waals surface area contributed by atoms with Gasteiger partial charge in [0, 0.05) is 44.6 Å². The monoisotopic (exact) mass is 668 g/mol. The lowest BCUT2D eigenvalue weighted by Crippen LogP contribution is -2.19. The standard InChI is InChI=1S/C46H28N4O2/c1-2-9-27(10-3-1)44-48-45(50-46(49-44)35-14-8-16-38-41(35)34-13-6-7-15-37(34)51-38)33-20-18-30-23-32(19-17-31(30)24-33)43-42-36-25-28-11-4-5-12-29(28)26-40(36)52-39(42)21-22-47-43/h1-26,43,47H. The molecule has 4 heterocycles. The molecule has 244 valence electrons. The zero-order valence-corrected chi connectivity index (χ0v) is 27.7. The van der Waals surface area contributed by atoms with Crippen LogP contribution in [-0.4, -0.2) is 15.0 Å². The van der Waals surface area contributed by atoms with E-state index < -0.39 is 0 Å². The Morgan fingerprint density at radius 2 is 1.19 bits per heavy atom. The minimum Gasteiger partial charge on any atom is -0.456 e. The molecule has 6 heteroatoms. The van der Waals surface area contributed by atoms with E-state index in [4.69, 9.17) is 23.8 Å². The van der Waals surface area contributed by atoms with Crippen LogP contribution < -0.4 is 5.32 Å². The Morgan fingerprint density at radius 3 is 2.10 bits per heavy atom. The van der Waals surface area contributed by atoms with Crippen LogP contribution in [0.15, 0.2) is 161 Å². The van der Waals surface area contributed by atoms with E-state index in [1.165, 1.54) is 10.8 Å². The number of benzene rings is 7. The molecule has 0 saturated heterocycles. The predicted octanol–water partition coefficient (Wildman–Crippen LogP) is 11.5. The first-order chi connectivity index (χ1) is 25.7. The van der Waals surface area contributed by atoms with Gasteiger partial charge in [-0.2, -0.15) is 0 Å². The number of hydrogen-bond donors (Lipinski definition) is 1. The molecule has 1 unspecified atom stereocenters. The molecule has 52 heavy (non-hydrogen) atoms. The largest absolute Gasteiger partial charge is 0.456 e. The average Bonchev–Trinajstić information content (AvgIpc) is 3.77. The van der Waals surface area contributed by atoms with E-state index in [0.29, 0.717) is 17.5 Å². The van der Waals surface area contributed by atoms with Crippen LogP contribution in [-0.2, 0) is 0 Å². The van der Waals surface area contributed by atoms with Gasteiger partial charge in [-0.05, 0) is 69.6 Å². The molecule has 1 aliphatic heterocycles. The Morgan fingerprint density at radius 1 is 0.481 bits per heavy atom. The van der Waals surface area contributed by atoms with Gasteiger partial charge in [-0.15, -0.1) is 0 Å². The van der Waals surface area contributed by atoms with Crippen LogP contribution in [0.25, 0.3) is 94.7 Å². The quantitative estimate of drug-likeness (QED) is 0.201. The molecular weight excluding hydrogens is 641 g/mol. The van der Waals surface area contributed by atoms with Gasteiger partial charge in [0.2, 0.25) is 0 Å². The summed E-state index contributed by atoms with van der Waals surface area (Å²) in [5, 5.41) is 11.4. The summed E-state index contributed by atoms with van der Waals surface area (Å²) >= 11 is 0. The van der Waals surface area contributed by atoms with Gasteiger partial charge in [-0.1, -0.05) is 109 Å². The smallest absolute Gasteiger partial charge is 0.164 e. The van der Waals surface area contributed by atoms with Crippen molar-refractivity contribution in [2.75, 3.05) is 0 Å². The number of nitrogens with zero attached hydrogens (tertiary/aromatic N) is 3. The fourth-order valence-corrected chi connectivity index (χ4v) is 7.69. The first-order valence-electron chi connectivity index (χ1n) is 17.4. The highest BCUT2D eigenvalue weighted by Gasteiger charge is 2.26. The first kappa shape index (κ1) is 28.8. The zero-order valence-electron chi connectivity index (χ0n) is 27.7. The summed E-state index contributed by atoms with van der Waals surface area (Å²) in [5.74, 6) is 2.72. The Labute approximate surface area is 297 Å². The van der Waals surface area contributed by atoms with Gasteiger partial charge < -0.3 is 14.2 Å². The molecule has 0 fully saturated rings. The molecule has 0 bridgehead atoms. The number of fused-ring (bicyclic) bond motifs is 8. The van der Waals surface area contributed by atoms with Gasteiger partial charge in [0.15, 0.2) is 17.5 Å². The summed E-state index contributed by atoms with van der Waals surface area (Å²) in [7, 11) is 0. The van der Waals surface area contributed by atoms with Crippen molar-refractivity contribution in [2.45, 2.75) is 6.04 Å². The number of furan rings is 2. The number of nitrogens with one attached hydrogen (secondary N) is 1. The second-order valence-electron chi connectivity index (χ2n) is 13.3. The fraction of sp³-hybridized carbons (Fsp3) is 0.0217. The lowest BCUT2D eigenvalue weighted by Gasteiger charge is -2.22. The molecule has 1 aliphatic rings. The second-order valence-corrected chi connectivity index (χ2v) is 13.3. The highest BCUT2D eigenvalue weighted by atomic mass is 16.3. The molecule has 0 aliphatic carbocycles. The summed E-state index contributed by atoms with van der Waals surface area (Å²) in [6, 6.07) is 50.1. The Bertz CT molecular complexity index is 3070. The fourth-order valence-electron chi connectivity index (χ4n) is 7.69. The van der Waals surface area contributed by atoms with E-state index in [1.54, 1.807) is 0 Å².